The number of carboxylic acid groups (broad SMARTS) is 1. The molecule has 0 spiro atoms. The van der Waals surface area contributed by atoms with E-state index in [0.29, 0.717) is 25.2 Å². The molecule has 0 saturated heterocycles. The fraction of sp³-hybridized carbons (Fsp3) is 0.875. The minimum atomic E-state index is -0.846. The normalized spacial score (nSPS) is 16.9. The number of hydrogen-bond donors (Lipinski definition) is 2. The van der Waals surface area contributed by atoms with Crippen LogP contribution in [0.4, 0.5) is 0 Å². The summed E-state index contributed by atoms with van der Waals surface area (Å²) in [5.41, 5.74) is -0.574. The van der Waals surface area contributed by atoms with E-state index in [4.69, 9.17) is 5.11 Å². The molecule has 1 amide bonds. The lowest BCUT2D eigenvalue weighted by molar-refractivity contribution is -0.139. The molecule has 0 radical (unpaired) electrons. The maximum Gasteiger partial charge on any atom is 0.305 e. The van der Waals surface area contributed by atoms with Gasteiger partial charge < -0.3 is 10.4 Å². The van der Waals surface area contributed by atoms with Crippen LogP contribution in [0.1, 0.15) is 78.1 Å². The van der Waals surface area contributed by atoms with Crippen molar-refractivity contribution in [3.8, 4) is 0 Å². The van der Waals surface area contributed by atoms with Crippen molar-refractivity contribution < 1.29 is 14.7 Å². The Morgan fingerprint density at radius 2 is 1.75 bits per heavy atom. The van der Waals surface area contributed by atoms with E-state index in [9.17, 15) is 9.59 Å². The molecule has 0 heterocycles. The van der Waals surface area contributed by atoms with Gasteiger partial charge in [0, 0.05) is 12.0 Å². The van der Waals surface area contributed by atoms with Gasteiger partial charge in [0.1, 0.15) is 0 Å². The number of nitrogens with one attached hydrogen (secondary N) is 1. The number of aliphatic carboxylic acids is 1. The highest BCUT2D eigenvalue weighted by Gasteiger charge is 2.30. The third-order valence-corrected chi connectivity index (χ3v) is 4.75. The first-order valence-corrected chi connectivity index (χ1v) is 8.04. The van der Waals surface area contributed by atoms with Crippen molar-refractivity contribution in [3.63, 3.8) is 0 Å². The highest BCUT2D eigenvalue weighted by Crippen LogP contribution is 2.27. The Morgan fingerprint density at radius 3 is 2.25 bits per heavy atom. The largest absolute Gasteiger partial charge is 0.481 e. The van der Waals surface area contributed by atoms with Crippen LogP contribution in [0.3, 0.4) is 0 Å². The number of carbonyl (C=O) groups is 2. The lowest BCUT2D eigenvalue weighted by atomic mass is 9.85. The molecule has 20 heavy (non-hydrogen) atoms. The van der Waals surface area contributed by atoms with Gasteiger partial charge in [-0.1, -0.05) is 46.0 Å². The number of carboxylic acids is 1. The van der Waals surface area contributed by atoms with Gasteiger partial charge in [-0.3, -0.25) is 9.59 Å². The molecule has 0 aromatic carbocycles. The maximum atomic E-state index is 12.1. The van der Waals surface area contributed by atoms with Crippen LogP contribution in [0.2, 0.25) is 0 Å². The van der Waals surface area contributed by atoms with E-state index in [1.165, 1.54) is 32.1 Å². The van der Waals surface area contributed by atoms with Crippen LogP contribution < -0.4 is 5.32 Å². The molecule has 1 fully saturated rings. The number of carbonyl (C=O) groups excluding carboxylic acids is 1. The van der Waals surface area contributed by atoms with Crippen molar-refractivity contribution in [1.29, 1.82) is 0 Å². The molecule has 1 saturated carbocycles. The Labute approximate surface area is 122 Å². The second-order valence-electron chi connectivity index (χ2n) is 6.15. The first-order chi connectivity index (χ1) is 9.51. The van der Waals surface area contributed by atoms with Gasteiger partial charge in [0.2, 0.25) is 5.91 Å². The zero-order chi connectivity index (χ0) is 15.0. The van der Waals surface area contributed by atoms with Gasteiger partial charge in [0.15, 0.2) is 0 Å². The van der Waals surface area contributed by atoms with E-state index in [1.807, 2.05) is 13.8 Å². The van der Waals surface area contributed by atoms with Crippen LogP contribution in [-0.2, 0) is 9.59 Å². The molecular formula is C16H29NO3. The summed E-state index contributed by atoms with van der Waals surface area (Å²) in [6.45, 7) is 3.88. The van der Waals surface area contributed by atoms with Crippen LogP contribution >= 0.6 is 0 Å². The standard InChI is InChI=1S/C16H29NO3/c1-3-16(4-2,12-15(19)20)17-14(18)11-10-13-8-6-5-7-9-13/h13H,3-12H2,1-2H3,(H,17,18)(H,19,20). The third kappa shape index (κ3) is 5.51. The summed E-state index contributed by atoms with van der Waals surface area (Å²) < 4.78 is 0. The molecule has 116 valence electrons. The van der Waals surface area contributed by atoms with Crippen LogP contribution in [0.5, 0.6) is 0 Å². The maximum absolute atomic E-state index is 12.1. The van der Waals surface area contributed by atoms with E-state index in [2.05, 4.69) is 5.32 Å². The SMILES string of the molecule is CCC(CC)(CC(=O)O)NC(=O)CCC1CCCCC1. The molecule has 4 heteroatoms. The smallest absolute Gasteiger partial charge is 0.305 e. The van der Waals surface area contributed by atoms with E-state index in [1.54, 1.807) is 0 Å². The van der Waals surface area contributed by atoms with Gasteiger partial charge in [-0.2, -0.15) is 0 Å². The summed E-state index contributed by atoms with van der Waals surface area (Å²) in [5, 5.41) is 12.0. The Hall–Kier alpha value is -1.06. The summed E-state index contributed by atoms with van der Waals surface area (Å²) in [6, 6.07) is 0. The number of rotatable bonds is 8. The zero-order valence-electron chi connectivity index (χ0n) is 12.9. The molecule has 0 aliphatic heterocycles. The first kappa shape index (κ1) is 17.0. The van der Waals surface area contributed by atoms with Gasteiger partial charge in [0.05, 0.1) is 6.42 Å². The quantitative estimate of drug-likeness (QED) is 0.716. The van der Waals surface area contributed by atoms with Crippen molar-refractivity contribution in [1.82, 2.24) is 5.32 Å². The molecule has 4 nitrogen and oxygen atoms in total. The van der Waals surface area contributed by atoms with E-state index in [-0.39, 0.29) is 12.3 Å². The van der Waals surface area contributed by atoms with Crippen LogP contribution in [0, 0.1) is 5.92 Å². The summed E-state index contributed by atoms with van der Waals surface area (Å²) in [5.74, 6) is -0.145. The Bertz CT molecular complexity index is 318. The van der Waals surface area contributed by atoms with Crippen molar-refractivity contribution in [2.75, 3.05) is 0 Å². The molecule has 1 aliphatic rings. The molecule has 0 aromatic heterocycles. The predicted molar refractivity (Wildman–Crippen MR) is 79.5 cm³/mol. The molecular weight excluding hydrogens is 254 g/mol. The van der Waals surface area contributed by atoms with Crippen molar-refractivity contribution >= 4 is 11.9 Å². The number of amides is 1. The van der Waals surface area contributed by atoms with Crippen LogP contribution in [0.15, 0.2) is 0 Å². The monoisotopic (exact) mass is 283 g/mol. The van der Waals surface area contributed by atoms with Gasteiger partial charge in [0.25, 0.3) is 0 Å². The molecule has 1 rings (SSSR count). The summed E-state index contributed by atoms with van der Waals surface area (Å²) in [6.07, 6.45) is 9.21. The molecule has 0 atom stereocenters. The summed E-state index contributed by atoms with van der Waals surface area (Å²) >= 11 is 0. The Kier molecular flexibility index (Phi) is 7.03. The minimum absolute atomic E-state index is 0.00910. The van der Waals surface area contributed by atoms with E-state index >= 15 is 0 Å². The van der Waals surface area contributed by atoms with Crippen molar-refractivity contribution in [3.05, 3.63) is 0 Å². The van der Waals surface area contributed by atoms with Gasteiger partial charge in [-0.15, -0.1) is 0 Å². The second kappa shape index (κ2) is 8.28. The summed E-state index contributed by atoms with van der Waals surface area (Å²) in [7, 11) is 0. The molecule has 0 aromatic rings. The van der Waals surface area contributed by atoms with Gasteiger partial charge in [-0.05, 0) is 25.2 Å². The van der Waals surface area contributed by atoms with E-state index in [0.717, 1.165) is 6.42 Å². The average Bonchev–Trinajstić information content (AvgIpc) is 2.45. The molecule has 0 unspecified atom stereocenters. The molecule has 0 bridgehead atoms. The Morgan fingerprint density at radius 1 is 1.15 bits per heavy atom. The highest BCUT2D eigenvalue weighted by molar-refractivity contribution is 5.78. The minimum Gasteiger partial charge on any atom is -0.481 e. The molecule has 2 N–H and O–H groups in total. The lowest BCUT2D eigenvalue weighted by Gasteiger charge is -2.32. The lowest BCUT2D eigenvalue weighted by Crippen LogP contribution is -2.49. The summed E-state index contributed by atoms with van der Waals surface area (Å²) in [4.78, 5) is 23.1. The number of hydrogen-bond acceptors (Lipinski definition) is 2. The highest BCUT2D eigenvalue weighted by atomic mass is 16.4. The Balaban J connectivity index is 2.42. The average molecular weight is 283 g/mol. The fourth-order valence-corrected chi connectivity index (χ4v) is 3.18. The molecule has 1 aliphatic carbocycles. The van der Waals surface area contributed by atoms with Crippen LogP contribution in [0.25, 0.3) is 0 Å². The van der Waals surface area contributed by atoms with Gasteiger partial charge in [-0.25, -0.2) is 0 Å². The van der Waals surface area contributed by atoms with Crippen molar-refractivity contribution in [2.45, 2.75) is 83.6 Å². The van der Waals surface area contributed by atoms with Gasteiger partial charge >= 0.3 is 5.97 Å². The first-order valence-electron chi connectivity index (χ1n) is 8.04. The zero-order valence-corrected chi connectivity index (χ0v) is 12.9. The topological polar surface area (TPSA) is 66.4 Å². The van der Waals surface area contributed by atoms with E-state index < -0.39 is 11.5 Å². The van der Waals surface area contributed by atoms with Crippen LogP contribution in [-0.4, -0.2) is 22.5 Å². The van der Waals surface area contributed by atoms with Crippen molar-refractivity contribution in [2.24, 2.45) is 5.92 Å². The predicted octanol–water partition coefficient (Wildman–Crippen LogP) is 3.50. The fourth-order valence-electron chi connectivity index (χ4n) is 3.18. The third-order valence-electron chi connectivity index (χ3n) is 4.75. The second-order valence-corrected chi connectivity index (χ2v) is 6.15.